The lowest BCUT2D eigenvalue weighted by atomic mass is 10.3. The van der Waals surface area contributed by atoms with Gasteiger partial charge in [0, 0.05) is 25.7 Å². The summed E-state index contributed by atoms with van der Waals surface area (Å²) < 4.78 is 5.52. The zero-order valence-corrected chi connectivity index (χ0v) is 11.5. The normalized spacial score (nSPS) is 11.0. The van der Waals surface area contributed by atoms with Gasteiger partial charge in [0.15, 0.2) is 0 Å². The molecule has 0 aliphatic rings. The molecule has 0 bridgehead atoms. The van der Waals surface area contributed by atoms with Crippen LogP contribution in [-0.2, 0) is 0 Å². The fraction of sp³-hybridized carbons (Fsp3) is 0.308. The van der Waals surface area contributed by atoms with Crippen LogP contribution in [0.2, 0.25) is 0 Å². The van der Waals surface area contributed by atoms with Crippen molar-refractivity contribution < 1.29 is 9.53 Å². The van der Waals surface area contributed by atoms with E-state index in [1.807, 2.05) is 6.92 Å². The molecular weight excluding hydrogens is 252 g/mol. The van der Waals surface area contributed by atoms with Gasteiger partial charge in [0.25, 0.3) is 0 Å². The van der Waals surface area contributed by atoms with Crippen molar-refractivity contribution in [1.82, 2.24) is 4.90 Å². The maximum Gasteiger partial charge on any atom is 0.321 e. The summed E-state index contributed by atoms with van der Waals surface area (Å²) in [5.41, 5.74) is 0.722. The zero-order chi connectivity index (χ0) is 13.5. The number of hydrogen-bond acceptors (Lipinski definition) is 2. The number of allylic oxidation sites excluding steroid dienone is 2. The summed E-state index contributed by atoms with van der Waals surface area (Å²) in [4.78, 5) is 12.9. The first kappa shape index (κ1) is 14.4. The van der Waals surface area contributed by atoms with Gasteiger partial charge >= 0.3 is 6.03 Å². The van der Waals surface area contributed by atoms with Crippen molar-refractivity contribution in [3.63, 3.8) is 0 Å². The van der Waals surface area contributed by atoms with Crippen molar-refractivity contribution in [2.45, 2.75) is 6.92 Å². The van der Waals surface area contributed by atoms with Gasteiger partial charge in [-0.3, -0.25) is 0 Å². The molecule has 1 aromatic rings. The van der Waals surface area contributed by atoms with E-state index in [1.165, 1.54) is 4.90 Å². The smallest absolute Gasteiger partial charge is 0.321 e. The van der Waals surface area contributed by atoms with E-state index in [-0.39, 0.29) is 6.03 Å². The topological polar surface area (TPSA) is 41.6 Å². The minimum Gasteiger partial charge on any atom is -0.462 e. The number of hydrogen-bond donors (Lipinski definition) is 1. The van der Waals surface area contributed by atoms with E-state index in [4.69, 9.17) is 16.3 Å². The molecule has 0 fully saturated rings. The first-order chi connectivity index (χ1) is 8.52. The van der Waals surface area contributed by atoms with Crippen LogP contribution in [0.5, 0.6) is 5.75 Å². The minimum absolute atomic E-state index is 0.165. The number of carbonyl (C=O) groups excluding carboxylic acids is 1. The van der Waals surface area contributed by atoms with E-state index < -0.39 is 0 Å². The Bertz CT molecular complexity index is 427. The second kappa shape index (κ2) is 6.91. The monoisotopic (exact) mass is 268 g/mol. The van der Waals surface area contributed by atoms with Crippen molar-refractivity contribution in [2.24, 2.45) is 0 Å². The van der Waals surface area contributed by atoms with E-state index in [0.717, 1.165) is 11.4 Å². The number of nitrogens with zero attached hydrogens (tertiary/aromatic N) is 1. The number of nitrogens with one attached hydrogen (secondary N) is 1. The summed E-state index contributed by atoms with van der Waals surface area (Å²) in [6.07, 6.45) is 1.78. The second-order valence-electron chi connectivity index (χ2n) is 3.92. The number of benzene rings is 1. The molecule has 98 valence electrons. The van der Waals surface area contributed by atoms with Crippen LogP contribution in [0.15, 0.2) is 36.1 Å². The highest BCUT2D eigenvalue weighted by atomic mass is 35.5. The van der Waals surface area contributed by atoms with Gasteiger partial charge in [-0.25, -0.2) is 4.79 Å². The summed E-state index contributed by atoms with van der Waals surface area (Å²) in [5.74, 6) is 1.87. The molecule has 0 aromatic heterocycles. The molecule has 1 N–H and O–H groups in total. The van der Waals surface area contributed by atoms with Gasteiger partial charge in [0.05, 0.1) is 5.76 Å². The van der Waals surface area contributed by atoms with Crippen molar-refractivity contribution in [1.29, 1.82) is 0 Å². The Morgan fingerprint density at radius 1 is 1.39 bits per heavy atom. The number of carbonyl (C=O) groups is 1. The molecule has 0 aliphatic carbocycles. The predicted octanol–water partition coefficient (Wildman–Crippen LogP) is 3.30. The summed E-state index contributed by atoms with van der Waals surface area (Å²) in [6.45, 7) is 1.84. The Morgan fingerprint density at radius 3 is 2.50 bits per heavy atom. The molecule has 1 aromatic carbocycles. The average molecular weight is 269 g/mol. The molecule has 0 spiro atoms. The van der Waals surface area contributed by atoms with Crippen LogP contribution in [0.4, 0.5) is 10.5 Å². The largest absolute Gasteiger partial charge is 0.462 e. The van der Waals surface area contributed by atoms with Crippen LogP contribution in [0.25, 0.3) is 0 Å². The summed E-state index contributed by atoms with van der Waals surface area (Å²) in [6, 6.07) is 6.98. The summed E-state index contributed by atoms with van der Waals surface area (Å²) in [5, 5.41) is 2.74. The van der Waals surface area contributed by atoms with E-state index in [0.29, 0.717) is 11.6 Å². The molecule has 0 saturated carbocycles. The molecule has 0 radical (unpaired) electrons. The molecule has 18 heavy (non-hydrogen) atoms. The molecule has 5 heteroatoms. The first-order valence-electron chi connectivity index (χ1n) is 5.52. The standard InChI is InChI=1S/C13H17ClN2O2/c1-10(8-9-14)18-12-6-4-11(5-7-12)15-13(17)16(2)3/h4-8H,9H2,1-3H3,(H,15,17). The number of rotatable bonds is 4. The molecule has 4 nitrogen and oxygen atoms in total. The molecule has 0 aliphatic heterocycles. The lowest BCUT2D eigenvalue weighted by Crippen LogP contribution is -2.27. The summed E-state index contributed by atoms with van der Waals surface area (Å²) >= 11 is 5.57. The highest BCUT2D eigenvalue weighted by Gasteiger charge is 2.03. The van der Waals surface area contributed by atoms with Crippen LogP contribution in [-0.4, -0.2) is 30.9 Å². The van der Waals surface area contributed by atoms with Gasteiger partial charge in [-0.1, -0.05) is 0 Å². The van der Waals surface area contributed by atoms with Crippen molar-refractivity contribution in [2.75, 3.05) is 25.3 Å². The van der Waals surface area contributed by atoms with Gasteiger partial charge in [0.1, 0.15) is 5.75 Å². The number of anilines is 1. The van der Waals surface area contributed by atoms with E-state index in [1.54, 1.807) is 44.4 Å². The molecular formula is C13H17ClN2O2. The molecule has 0 unspecified atom stereocenters. The summed E-state index contributed by atoms with van der Waals surface area (Å²) in [7, 11) is 3.38. The molecule has 0 heterocycles. The first-order valence-corrected chi connectivity index (χ1v) is 6.05. The van der Waals surface area contributed by atoms with Crippen LogP contribution in [0, 0.1) is 0 Å². The highest BCUT2D eigenvalue weighted by molar-refractivity contribution is 6.18. The second-order valence-corrected chi connectivity index (χ2v) is 4.23. The number of urea groups is 1. The van der Waals surface area contributed by atoms with Crippen LogP contribution >= 0.6 is 11.6 Å². The molecule has 0 saturated heterocycles. The Labute approximate surface area is 112 Å². The van der Waals surface area contributed by atoms with E-state index in [2.05, 4.69) is 5.32 Å². The van der Waals surface area contributed by atoms with Gasteiger partial charge in [-0.05, 0) is 37.3 Å². The van der Waals surface area contributed by atoms with E-state index >= 15 is 0 Å². The predicted molar refractivity (Wildman–Crippen MR) is 74.3 cm³/mol. The SMILES string of the molecule is CC(=CCCl)Oc1ccc(NC(=O)N(C)C)cc1. The van der Waals surface area contributed by atoms with Crippen LogP contribution in [0.3, 0.4) is 0 Å². The maximum atomic E-state index is 11.4. The van der Waals surface area contributed by atoms with Gasteiger partial charge in [-0.15, -0.1) is 11.6 Å². The Hall–Kier alpha value is -1.68. The number of halogens is 1. The number of amides is 2. The van der Waals surface area contributed by atoms with Crippen LogP contribution in [0.1, 0.15) is 6.92 Å². The van der Waals surface area contributed by atoms with Gasteiger partial charge < -0.3 is 15.0 Å². The van der Waals surface area contributed by atoms with Crippen molar-refractivity contribution in [3.05, 3.63) is 36.1 Å². The average Bonchev–Trinajstić information content (AvgIpc) is 2.31. The fourth-order valence-corrected chi connectivity index (χ4v) is 1.40. The maximum absolute atomic E-state index is 11.4. The molecule has 0 atom stereocenters. The van der Waals surface area contributed by atoms with Gasteiger partial charge in [-0.2, -0.15) is 0 Å². The van der Waals surface area contributed by atoms with Crippen LogP contribution < -0.4 is 10.1 Å². The fourth-order valence-electron chi connectivity index (χ4n) is 1.18. The zero-order valence-electron chi connectivity index (χ0n) is 10.7. The Morgan fingerprint density at radius 2 is 2.00 bits per heavy atom. The quantitative estimate of drug-likeness (QED) is 0.672. The third kappa shape index (κ3) is 4.67. The van der Waals surface area contributed by atoms with Gasteiger partial charge in [0.2, 0.25) is 0 Å². The lowest BCUT2D eigenvalue weighted by molar-refractivity contribution is 0.230. The lowest BCUT2D eigenvalue weighted by Gasteiger charge is -2.12. The van der Waals surface area contributed by atoms with Crippen molar-refractivity contribution in [3.8, 4) is 5.75 Å². The minimum atomic E-state index is -0.165. The molecule has 1 rings (SSSR count). The molecule has 2 amide bonds. The third-order valence-corrected chi connectivity index (χ3v) is 2.31. The Kier molecular flexibility index (Phi) is 5.52. The highest BCUT2D eigenvalue weighted by Crippen LogP contribution is 2.18. The Balaban J connectivity index is 2.63. The van der Waals surface area contributed by atoms with E-state index in [9.17, 15) is 4.79 Å². The number of alkyl halides is 1. The van der Waals surface area contributed by atoms with Crippen molar-refractivity contribution >= 4 is 23.3 Å². The third-order valence-electron chi connectivity index (χ3n) is 2.16. The number of ether oxygens (including phenoxy) is 1.